The molecule has 0 unspecified atom stereocenters. The number of nitrogens with zero attached hydrogens (tertiary/aromatic N) is 3. The Morgan fingerprint density at radius 2 is 2.10 bits per heavy atom. The fourth-order valence-electron chi connectivity index (χ4n) is 3.47. The van der Waals surface area contributed by atoms with Crippen LogP contribution in [0.2, 0.25) is 0 Å². The van der Waals surface area contributed by atoms with Crippen LogP contribution in [-0.4, -0.2) is 35.2 Å². The summed E-state index contributed by atoms with van der Waals surface area (Å²) in [4.78, 5) is 2.28. The number of hydrogen-bond donors (Lipinski definition) is 2. The average Bonchev–Trinajstić information content (AvgIpc) is 2.86. The smallest absolute Gasteiger partial charge is 0.244 e. The molecule has 0 saturated carbocycles. The fourth-order valence-corrected chi connectivity index (χ4v) is 3.47. The van der Waals surface area contributed by atoms with Crippen LogP contribution < -0.4 is 10.5 Å². The Morgan fingerprint density at radius 1 is 1.43 bits per heavy atom. The lowest BCUT2D eigenvalue weighted by Gasteiger charge is -2.42. The van der Waals surface area contributed by atoms with Crippen molar-refractivity contribution in [3.63, 3.8) is 0 Å². The van der Waals surface area contributed by atoms with Crippen molar-refractivity contribution in [2.75, 3.05) is 20.1 Å². The van der Waals surface area contributed by atoms with Gasteiger partial charge in [-0.25, -0.2) is 0 Å². The van der Waals surface area contributed by atoms with Gasteiger partial charge in [0.2, 0.25) is 11.8 Å². The van der Waals surface area contributed by atoms with Gasteiger partial charge in [-0.3, -0.25) is 5.10 Å². The van der Waals surface area contributed by atoms with Gasteiger partial charge >= 0.3 is 0 Å². The monoisotopic (exact) mass is 287 g/mol. The minimum atomic E-state index is -0.356. The van der Waals surface area contributed by atoms with Crippen LogP contribution in [0.15, 0.2) is 11.5 Å². The van der Waals surface area contributed by atoms with E-state index in [0.717, 1.165) is 37.2 Å². The molecule has 6 heteroatoms. The quantitative estimate of drug-likeness (QED) is 0.818. The predicted molar refractivity (Wildman–Crippen MR) is 78.5 cm³/mol. The normalized spacial score (nSPS) is 21.3. The van der Waals surface area contributed by atoms with Crippen LogP contribution >= 0.6 is 0 Å². The van der Waals surface area contributed by atoms with Crippen molar-refractivity contribution < 1.29 is 4.74 Å². The lowest BCUT2D eigenvalue weighted by molar-refractivity contribution is 0.196. The van der Waals surface area contributed by atoms with Gasteiger partial charge in [0.05, 0.1) is 0 Å². The van der Waals surface area contributed by atoms with Gasteiger partial charge < -0.3 is 15.4 Å². The highest BCUT2D eigenvalue weighted by Gasteiger charge is 2.48. The summed E-state index contributed by atoms with van der Waals surface area (Å²) >= 11 is 0. The molecule has 0 radical (unpaired) electrons. The molecule has 3 N–H and O–H groups in total. The molecule has 3 rings (SSSR count). The molecule has 0 amide bonds. The zero-order valence-corrected chi connectivity index (χ0v) is 12.7. The van der Waals surface area contributed by atoms with Gasteiger partial charge in [-0.05, 0) is 38.9 Å². The lowest BCUT2D eigenvalue weighted by atomic mass is 9.66. The number of nitrogens with one attached hydrogen (secondary N) is 1. The molecule has 6 nitrogen and oxygen atoms in total. The molecule has 1 saturated heterocycles. The molecule has 0 bridgehead atoms. The fraction of sp³-hybridized carbons (Fsp3) is 0.600. The minimum absolute atomic E-state index is 0.205. The molecular formula is C15H21N5O. The van der Waals surface area contributed by atoms with Crippen LogP contribution in [0.5, 0.6) is 5.88 Å². The SMILES string of the molecule is CC(C)c1[nH]nc2c1C1(CCN(C)CC1)C(C#N)=C(N)O2. The average molecular weight is 287 g/mol. The summed E-state index contributed by atoms with van der Waals surface area (Å²) in [5, 5.41) is 17.0. The Labute approximate surface area is 124 Å². The van der Waals surface area contributed by atoms with Gasteiger partial charge in [-0.1, -0.05) is 13.8 Å². The molecule has 1 aromatic heterocycles. The van der Waals surface area contributed by atoms with E-state index in [2.05, 4.69) is 42.1 Å². The van der Waals surface area contributed by atoms with E-state index in [1.807, 2.05) is 0 Å². The highest BCUT2D eigenvalue weighted by Crippen LogP contribution is 2.50. The lowest BCUT2D eigenvalue weighted by Crippen LogP contribution is -2.45. The van der Waals surface area contributed by atoms with Gasteiger partial charge in [0.1, 0.15) is 11.6 Å². The summed E-state index contributed by atoms with van der Waals surface area (Å²) < 4.78 is 5.60. The van der Waals surface area contributed by atoms with Gasteiger partial charge in [0.15, 0.2) is 0 Å². The number of likely N-dealkylation sites (tertiary alicyclic amines) is 1. The minimum Gasteiger partial charge on any atom is -0.420 e. The van der Waals surface area contributed by atoms with E-state index in [9.17, 15) is 5.26 Å². The second-order valence-electron chi connectivity index (χ2n) is 6.31. The van der Waals surface area contributed by atoms with E-state index in [-0.39, 0.29) is 11.3 Å². The molecule has 0 aromatic carbocycles. The number of aromatic nitrogens is 2. The molecular weight excluding hydrogens is 266 g/mol. The molecule has 3 heterocycles. The molecule has 112 valence electrons. The zero-order valence-electron chi connectivity index (χ0n) is 12.7. The summed E-state index contributed by atoms with van der Waals surface area (Å²) in [6.45, 7) is 6.09. The molecule has 2 aliphatic heterocycles. The topological polar surface area (TPSA) is 91.0 Å². The van der Waals surface area contributed by atoms with E-state index in [1.165, 1.54) is 0 Å². The highest BCUT2D eigenvalue weighted by molar-refractivity contribution is 5.55. The maximum Gasteiger partial charge on any atom is 0.244 e. The second-order valence-corrected chi connectivity index (χ2v) is 6.31. The van der Waals surface area contributed by atoms with Crippen molar-refractivity contribution in [3.8, 4) is 11.9 Å². The number of allylic oxidation sites excluding steroid dienone is 1. The number of ether oxygens (including phenoxy) is 1. The molecule has 1 aromatic rings. The van der Waals surface area contributed by atoms with Crippen LogP contribution in [0.1, 0.15) is 43.9 Å². The number of hydrogen-bond acceptors (Lipinski definition) is 5. The third-order valence-corrected chi connectivity index (χ3v) is 4.70. The Balaban J connectivity index is 2.20. The molecule has 1 fully saturated rings. The summed E-state index contributed by atoms with van der Waals surface area (Å²) in [6.07, 6.45) is 1.73. The van der Waals surface area contributed by atoms with Crippen LogP contribution in [0.25, 0.3) is 0 Å². The maximum atomic E-state index is 9.63. The number of nitriles is 1. The maximum absolute atomic E-state index is 9.63. The summed E-state index contributed by atoms with van der Waals surface area (Å²) in [5.41, 5.74) is 8.29. The van der Waals surface area contributed by atoms with E-state index in [0.29, 0.717) is 17.4 Å². The molecule has 1 spiro atoms. The molecule has 0 atom stereocenters. The number of rotatable bonds is 1. The Kier molecular flexibility index (Phi) is 3.18. The first-order valence-electron chi connectivity index (χ1n) is 7.35. The Hall–Kier alpha value is -2.00. The third-order valence-electron chi connectivity index (χ3n) is 4.70. The number of aromatic amines is 1. The first-order valence-corrected chi connectivity index (χ1v) is 7.35. The number of piperidine rings is 1. The van der Waals surface area contributed by atoms with Gasteiger partial charge in [-0.15, -0.1) is 5.10 Å². The summed E-state index contributed by atoms with van der Waals surface area (Å²) in [5.74, 6) is 1.04. The van der Waals surface area contributed by atoms with E-state index in [1.54, 1.807) is 0 Å². The first kappa shape index (κ1) is 14.0. The highest BCUT2D eigenvalue weighted by atomic mass is 16.5. The largest absolute Gasteiger partial charge is 0.420 e. The van der Waals surface area contributed by atoms with Crippen molar-refractivity contribution in [2.24, 2.45) is 5.73 Å². The molecule has 21 heavy (non-hydrogen) atoms. The van der Waals surface area contributed by atoms with Crippen LogP contribution in [0, 0.1) is 11.3 Å². The van der Waals surface area contributed by atoms with Crippen molar-refractivity contribution in [1.29, 1.82) is 5.26 Å². The number of H-pyrrole nitrogens is 1. The third kappa shape index (κ3) is 1.92. The number of nitrogens with two attached hydrogens (primary N) is 1. The molecule has 2 aliphatic rings. The Bertz CT molecular complexity index is 629. The van der Waals surface area contributed by atoms with Crippen molar-refractivity contribution >= 4 is 0 Å². The van der Waals surface area contributed by atoms with Crippen LogP contribution in [0.4, 0.5) is 0 Å². The standard InChI is InChI=1S/C15H21N5O/c1-9(2)12-11-14(19-18-12)21-13(17)10(8-16)15(11)4-6-20(3)7-5-15/h9H,4-7,17H2,1-3H3,(H,18,19). The van der Waals surface area contributed by atoms with E-state index < -0.39 is 0 Å². The first-order chi connectivity index (χ1) is 9.99. The van der Waals surface area contributed by atoms with E-state index >= 15 is 0 Å². The summed E-state index contributed by atoms with van der Waals surface area (Å²) in [7, 11) is 2.10. The Morgan fingerprint density at radius 3 is 2.67 bits per heavy atom. The van der Waals surface area contributed by atoms with Gasteiger partial charge in [0.25, 0.3) is 0 Å². The molecule has 0 aliphatic carbocycles. The van der Waals surface area contributed by atoms with Crippen LogP contribution in [0.3, 0.4) is 0 Å². The zero-order chi connectivity index (χ0) is 15.2. The van der Waals surface area contributed by atoms with Crippen molar-refractivity contribution in [2.45, 2.75) is 38.0 Å². The van der Waals surface area contributed by atoms with Crippen LogP contribution in [-0.2, 0) is 5.41 Å². The second kappa shape index (κ2) is 4.78. The van der Waals surface area contributed by atoms with Crippen molar-refractivity contribution in [1.82, 2.24) is 15.1 Å². The predicted octanol–water partition coefficient (Wildman–Crippen LogP) is 1.58. The van der Waals surface area contributed by atoms with Gasteiger partial charge in [-0.2, -0.15) is 5.26 Å². The number of fused-ring (bicyclic) bond motifs is 2. The van der Waals surface area contributed by atoms with Crippen molar-refractivity contribution in [3.05, 3.63) is 22.7 Å². The van der Waals surface area contributed by atoms with Gasteiger partial charge in [0, 0.05) is 16.7 Å². The summed E-state index contributed by atoms with van der Waals surface area (Å²) in [6, 6.07) is 2.30. The van der Waals surface area contributed by atoms with E-state index in [4.69, 9.17) is 10.5 Å².